The molecule has 36 valence electrons. The number of rotatable bonds is 0. The zero-order valence-electron chi connectivity index (χ0n) is 2.82. The first-order valence-electron chi connectivity index (χ1n) is 1.12. The monoisotopic (exact) mass is 233 g/mol. The fraction of sp³-hybridized carbons (Fsp3) is 0. The summed E-state index contributed by atoms with van der Waals surface area (Å²) in [4.78, 5) is 0. The van der Waals surface area contributed by atoms with Crippen LogP contribution in [-0.4, -0.2) is 8.06 Å². The zero-order valence-corrected chi connectivity index (χ0v) is 6.81. The van der Waals surface area contributed by atoms with Crippen molar-refractivity contribution in [2.45, 2.75) is 0 Å². The number of nitrogens with zero attached hydrogens (tertiary/aromatic N) is 1. The molecule has 0 saturated carbocycles. The summed E-state index contributed by atoms with van der Waals surface area (Å²) in [6, 6.07) is 0. The lowest BCUT2D eigenvalue weighted by atomic mass is 11.3. The Morgan fingerprint density at radius 1 is 1.67 bits per heavy atom. The van der Waals surface area contributed by atoms with Gasteiger partial charge in [-0.2, -0.15) is 2.95 Å². The van der Waals surface area contributed by atoms with Gasteiger partial charge in [-0.3, -0.25) is 5.73 Å². The molecule has 5 heteroatoms. The highest BCUT2D eigenvalue weighted by atomic mass is 79.9. The predicted octanol–water partition coefficient (Wildman–Crippen LogP) is 0.435. The Kier molecular flexibility index (Phi) is 3.29. The van der Waals surface area contributed by atoms with Crippen LogP contribution in [0.3, 0.4) is 0 Å². The van der Waals surface area contributed by atoms with Crippen molar-refractivity contribution >= 4 is 49.6 Å². The lowest BCUT2D eigenvalue weighted by Crippen LogP contribution is -2.59. The molecule has 0 unspecified atom stereocenters. The topological polar surface area (TPSA) is 30.9 Å². The molecule has 0 rings (SSSR count). The number of quaternary nitrogens is 1. The van der Waals surface area contributed by atoms with Gasteiger partial charge >= 0.3 is 0 Å². The van der Waals surface area contributed by atoms with Gasteiger partial charge in [-0.1, -0.05) is 0 Å². The van der Waals surface area contributed by atoms with Crippen molar-refractivity contribution in [3.63, 3.8) is 0 Å². The van der Waals surface area contributed by atoms with Crippen molar-refractivity contribution < 1.29 is 5.73 Å². The Morgan fingerprint density at radius 3 is 1.83 bits per heavy atom. The summed E-state index contributed by atoms with van der Waals surface area (Å²) in [6.07, 6.45) is 0. The highest BCUT2D eigenvalue weighted by Gasteiger charge is 1.94. The molecular formula is CH3Br2N2S+. The van der Waals surface area contributed by atoms with E-state index in [1.807, 2.05) is 0 Å². The van der Waals surface area contributed by atoms with E-state index in [1.165, 1.54) is 2.95 Å². The van der Waals surface area contributed by atoms with Gasteiger partial charge in [-0.25, -0.2) is 0 Å². The molecule has 0 aliphatic heterocycles. The van der Waals surface area contributed by atoms with Crippen LogP contribution in [0.5, 0.6) is 0 Å². The van der Waals surface area contributed by atoms with Crippen LogP contribution in [0.15, 0.2) is 0 Å². The molecule has 0 saturated heterocycles. The van der Waals surface area contributed by atoms with Crippen LogP contribution in [-0.2, 0) is 0 Å². The summed E-state index contributed by atoms with van der Waals surface area (Å²) in [5.74, 6) is 0. The van der Waals surface area contributed by atoms with Gasteiger partial charge in [0, 0.05) is 12.2 Å². The average molecular weight is 235 g/mol. The number of halogens is 2. The Balaban J connectivity index is 3.26. The maximum atomic E-state index is 4.54. The lowest BCUT2D eigenvalue weighted by molar-refractivity contribution is -0.216. The molecule has 6 heavy (non-hydrogen) atoms. The Hall–Kier alpha value is 0.810. The van der Waals surface area contributed by atoms with Gasteiger partial charge < -0.3 is 0 Å². The SMILES string of the molecule is [NH3+]C(=S)N(Br)Br. The largest absolute Gasteiger partial charge is 0.299 e. The standard InChI is InChI=1S/CH2Br2N2S/c2-5(3)1(4)6/h(H2,4,6)/p+1. The molecular weight excluding hydrogens is 232 g/mol. The fourth-order valence-electron chi connectivity index (χ4n) is 0. The van der Waals surface area contributed by atoms with Gasteiger partial charge in [0.2, 0.25) is 0 Å². The predicted molar refractivity (Wildman–Crippen MR) is 35.2 cm³/mol. The van der Waals surface area contributed by atoms with Gasteiger partial charge in [0.1, 0.15) is 0 Å². The van der Waals surface area contributed by atoms with E-state index in [-0.39, 0.29) is 0 Å². The highest BCUT2D eigenvalue weighted by Crippen LogP contribution is 2.01. The van der Waals surface area contributed by atoms with Gasteiger partial charge in [-0.05, 0) is 0 Å². The van der Waals surface area contributed by atoms with Crippen molar-refractivity contribution in [2.24, 2.45) is 0 Å². The number of thiocarbonyl (C=S) groups is 1. The second kappa shape index (κ2) is 2.90. The van der Waals surface area contributed by atoms with Crippen LogP contribution >= 0.6 is 44.5 Å². The maximum Gasteiger partial charge on any atom is 0.288 e. The molecule has 3 N–H and O–H groups in total. The van der Waals surface area contributed by atoms with Crippen LogP contribution in [0.2, 0.25) is 0 Å². The van der Waals surface area contributed by atoms with Crippen molar-refractivity contribution in [3.05, 3.63) is 0 Å². The average Bonchev–Trinajstić information content (AvgIpc) is 1.36. The zero-order chi connectivity index (χ0) is 5.15. The smallest absolute Gasteiger partial charge is 0.288 e. The Labute approximate surface area is 58.4 Å². The van der Waals surface area contributed by atoms with Gasteiger partial charge in [0.15, 0.2) is 0 Å². The lowest BCUT2D eigenvalue weighted by Gasteiger charge is -1.93. The third kappa shape index (κ3) is 3.02. The van der Waals surface area contributed by atoms with Crippen LogP contribution < -0.4 is 5.73 Å². The Bertz CT molecular complexity index is 62.6. The van der Waals surface area contributed by atoms with Crippen molar-refractivity contribution in [1.29, 1.82) is 0 Å². The van der Waals surface area contributed by atoms with Crippen LogP contribution in [0.25, 0.3) is 0 Å². The number of hydrogen-bond donors (Lipinski definition) is 1. The van der Waals surface area contributed by atoms with E-state index in [0.717, 1.165) is 0 Å². The first kappa shape index (κ1) is 6.81. The third-order valence-electron chi connectivity index (χ3n) is 0.189. The minimum atomic E-state index is 0.509. The number of hydrogen-bond acceptors (Lipinski definition) is 1. The van der Waals surface area contributed by atoms with Gasteiger partial charge in [0.05, 0.1) is 32.3 Å². The first-order valence-corrected chi connectivity index (χ1v) is 2.95. The van der Waals surface area contributed by atoms with Gasteiger partial charge in [-0.15, -0.1) is 0 Å². The summed E-state index contributed by atoms with van der Waals surface area (Å²) in [7, 11) is 0. The third-order valence-corrected chi connectivity index (χ3v) is 1.70. The van der Waals surface area contributed by atoms with Crippen LogP contribution in [0.4, 0.5) is 0 Å². The fourth-order valence-corrected chi connectivity index (χ4v) is 0. The molecule has 2 nitrogen and oxygen atoms in total. The molecule has 0 aromatic heterocycles. The van der Waals surface area contributed by atoms with E-state index in [1.54, 1.807) is 0 Å². The molecule has 0 heterocycles. The van der Waals surface area contributed by atoms with E-state index < -0.39 is 0 Å². The summed E-state index contributed by atoms with van der Waals surface area (Å²) in [6.45, 7) is 0. The quantitative estimate of drug-likeness (QED) is 0.487. The summed E-state index contributed by atoms with van der Waals surface area (Å²) >= 11 is 10.5. The molecule has 0 spiro atoms. The second-order valence-electron chi connectivity index (χ2n) is 0.627. The summed E-state index contributed by atoms with van der Waals surface area (Å²) < 4.78 is 1.41. The Morgan fingerprint density at radius 2 is 1.83 bits per heavy atom. The molecule has 0 radical (unpaired) electrons. The molecule has 0 atom stereocenters. The van der Waals surface area contributed by atoms with E-state index in [2.05, 4.69) is 50.2 Å². The maximum absolute atomic E-state index is 4.54. The minimum absolute atomic E-state index is 0.509. The first-order chi connectivity index (χ1) is 2.64. The van der Waals surface area contributed by atoms with Crippen molar-refractivity contribution in [3.8, 4) is 0 Å². The van der Waals surface area contributed by atoms with Crippen molar-refractivity contribution in [1.82, 2.24) is 2.95 Å². The van der Waals surface area contributed by atoms with E-state index >= 15 is 0 Å². The van der Waals surface area contributed by atoms with E-state index in [9.17, 15) is 0 Å². The van der Waals surface area contributed by atoms with Crippen LogP contribution in [0.1, 0.15) is 0 Å². The molecule has 0 aliphatic rings. The summed E-state index contributed by atoms with van der Waals surface area (Å²) in [5.41, 5.74) is 3.40. The second-order valence-corrected chi connectivity index (χ2v) is 3.47. The molecule has 0 fully saturated rings. The molecule has 0 bridgehead atoms. The summed E-state index contributed by atoms with van der Waals surface area (Å²) in [5, 5.41) is 0.509. The molecule has 0 aliphatic carbocycles. The van der Waals surface area contributed by atoms with Crippen molar-refractivity contribution in [2.75, 3.05) is 0 Å². The van der Waals surface area contributed by atoms with E-state index in [4.69, 9.17) is 0 Å². The normalized spacial score (nSPS) is 7.83. The van der Waals surface area contributed by atoms with Gasteiger partial charge in [0.25, 0.3) is 5.11 Å². The van der Waals surface area contributed by atoms with E-state index in [0.29, 0.717) is 5.11 Å². The molecule has 0 aromatic rings. The highest BCUT2D eigenvalue weighted by molar-refractivity contribution is 9.21. The minimum Gasteiger partial charge on any atom is -0.299 e. The molecule has 0 amide bonds. The molecule has 0 aromatic carbocycles. The van der Waals surface area contributed by atoms with Crippen LogP contribution in [0, 0.1) is 0 Å².